The molecule has 0 atom stereocenters. The molecule has 3 aromatic carbocycles. The molecule has 0 bridgehead atoms. The van der Waals surface area contributed by atoms with E-state index < -0.39 is 0 Å². The molecule has 1 aromatic heterocycles. The van der Waals surface area contributed by atoms with Crippen LogP contribution in [0.4, 0.5) is 0 Å². The number of aromatic nitrogens is 3. The Hall–Kier alpha value is -4.11. The minimum absolute atomic E-state index is 0.0978. The molecule has 0 saturated carbocycles. The lowest BCUT2D eigenvalue weighted by Gasteiger charge is -2.18. The number of carbonyl (C=O) groups is 1. The van der Waals surface area contributed by atoms with E-state index in [1.54, 1.807) is 66.7 Å². The van der Waals surface area contributed by atoms with Crippen LogP contribution in [0.3, 0.4) is 0 Å². The van der Waals surface area contributed by atoms with Gasteiger partial charge in [0.25, 0.3) is 0 Å². The fourth-order valence-corrected chi connectivity index (χ4v) is 4.12. The summed E-state index contributed by atoms with van der Waals surface area (Å²) in [5, 5.41) is 28.2. The van der Waals surface area contributed by atoms with Crippen LogP contribution < -0.4 is 9.47 Å². The number of aromatic hydroxyl groups is 2. The largest absolute Gasteiger partial charge is 0.508 e. The van der Waals surface area contributed by atoms with Gasteiger partial charge in [0.05, 0.1) is 5.75 Å². The molecule has 170 valence electrons. The smallest absolute Gasteiger partial charge is 0.210 e. The fraction of sp³-hybridized carbons (Fsp3) is 0.120. The predicted octanol–water partition coefficient (Wildman–Crippen LogP) is 4.36. The molecular formula is C25H19N3O5S. The Balaban J connectivity index is 1.41. The van der Waals surface area contributed by atoms with E-state index in [0.29, 0.717) is 46.8 Å². The van der Waals surface area contributed by atoms with E-state index in [0.717, 1.165) is 11.1 Å². The van der Waals surface area contributed by atoms with Gasteiger partial charge in [0, 0.05) is 16.7 Å². The first-order chi connectivity index (χ1) is 16.6. The molecule has 4 aromatic rings. The molecule has 0 unspecified atom stereocenters. The zero-order chi connectivity index (χ0) is 23.5. The van der Waals surface area contributed by atoms with Crippen molar-refractivity contribution in [2.45, 2.75) is 5.16 Å². The van der Waals surface area contributed by atoms with Crippen molar-refractivity contribution in [1.29, 1.82) is 0 Å². The number of fused-ring (bicyclic) bond motifs is 1. The molecule has 0 amide bonds. The maximum Gasteiger partial charge on any atom is 0.210 e. The van der Waals surface area contributed by atoms with Gasteiger partial charge in [-0.15, -0.1) is 10.2 Å². The van der Waals surface area contributed by atoms with Crippen molar-refractivity contribution in [2.75, 3.05) is 19.0 Å². The van der Waals surface area contributed by atoms with Crippen molar-refractivity contribution >= 4 is 17.5 Å². The highest BCUT2D eigenvalue weighted by molar-refractivity contribution is 7.99. The van der Waals surface area contributed by atoms with Crippen molar-refractivity contribution in [2.24, 2.45) is 0 Å². The van der Waals surface area contributed by atoms with E-state index in [9.17, 15) is 15.0 Å². The number of benzene rings is 3. The molecule has 2 N–H and O–H groups in total. The average molecular weight is 474 g/mol. The molecule has 1 aliphatic heterocycles. The number of Topliss-reactive ketones (excluding diaryl/α,β-unsaturated/α-hetero) is 1. The number of nitrogens with zero attached hydrogens (tertiary/aromatic N) is 3. The zero-order valence-electron chi connectivity index (χ0n) is 17.8. The first-order valence-electron chi connectivity index (χ1n) is 10.5. The topological polar surface area (TPSA) is 115 Å². The molecule has 0 spiro atoms. The first-order valence-corrected chi connectivity index (χ1v) is 11.4. The number of hydrogen-bond acceptors (Lipinski definition) is 9. The average Bonchev–Trinajstić information content (AvgIpc) is 2.88. The summed E-state index contributed by atoms with van der Waals surface area (Å²) in [6.07, 6.45) is 0. The summed E-state index contributed by atoms with van der Waals surface area (Å²) in [5.41, 5.74) is 3.05. The van der Waals surface area contributed by atoms with Crippen LogP contribution in [0.15, 0.2) is 71.9 Å². The molecule has 0 saturated heterocycles. The van der Waals surface area contributed by atoms with Crippen molar-refractivity contribution in [3.05, 3.63) is 72.3 Å². The van der Waals surface area contributed by atoms with Crippen LogP contribution in [0.1, 0.15) is 10.4 Å². The van der Waals surface area contributed by atoms with Crippen LogP contribution in [0, 0.1) is 0 Å². The molecule has 1 aliphatic rings. The van der Waals surface area contributed by atoms with E-state index in [1.165, 1.54) is 11.8 Å². The molecule has 2 heterocycles. The van der Waals surface area contributed by atoms with Crippen molar-refractivity contribution in [3.63, 3.8) is 0 Å². The quantitative estimate of drug-likeness (QED) is 0.311. The Morgan fingerprint density at radius 3 is 2.09 bits per heavy atom. The molecule has 0 fully saturated rings. The van der Waals surface area contributed by atoms with Crippen LogP contribution in [0.25, 0.3) is 22.5 Å². The number of phenols is 2. The van der Waals surface area contributed by atoms with Crippen molar-refractivity contribution in [3.8, 4) is 45.5 Å². The van der Waals surface area contributed by atoms with Gasteiger partial charge < -0.3 is 19.7 Å². The van der Waals surface area contributed by atoms with Gasteiger partial charge in [-0.3, -0.25) is 4.79 Å². The van der Waals surface area contributed by atoms with E-state index >= 15 is 0 Å². The standard InChI is InChI=1S/C25H19N3O5S/c29-18-6-1-15(2-7-18)23-24(16-3-8-19(30)9-4-16)27-28-25(26-23)34-14-20(31)17-5-10-21-22(13-17)33-12-11-32-21/h1-10,13,29-30H,11-12,14H2. The highest BCUT2D eigenvalue weighted by atomic mass is 32.2. The van der Waals surface area contributed by atoms with Crippen LogP contribution in [-0.2, 0) is 0 Å². The third-order valence-corrected chi connectivity index (χ3v) is 5.98. The number of phenolic OH excluding ortho intramolecular Hbond substituents is 2. The lowest BCUT2D eigenvalue weighted by molar-refractivity contribution is 0.102. The summed E-state index contributed by atoms with van der Waals surface area (Å²) in [6.45, 7) is 0.941. The van der Waals surface area contributed by atoms with Gasteiger partial charge in [-0.1, -0.05) is 11.8 Å². The lowest BCUT2D eigenvalue weighted by atomic mass is 10.0. The summed E-state index contributed by atoms with van der Waals surface area (Å²) < 4.78 is 11.1. The van der Waals surface area contributed by atoms with Gasteiger partial charge in [-0.25, -0.2) is 4.98 Å². The molecule has 0 aliphatic carbocycles. The maximum absolute atomic E-state index is 12.8. The highest BCUT2D eigenvalue weighted by Crippen LogP contribution is 2.33. The lowest BCUT2D eigenvalue weighted by Crippen LogP contribution is -2.16. The summed E-state index contributed by atoms with van der Waals surface area (Å²) in [6, 6.07) is 18.3. The summed E-state index contributed by atoms with van der Waals surface area (Å²) in [5.74, 6) is 1.49. The minimum atomic E-state index is -0.0978. The van der Waals surface area contributed by atoms with E-state index in [2.05, 4.69) is 15.2 Å². The number of ketones is 1. The number of thioether (sulfide) groups is 1. The minimum Gasteiger partial charge on any atom is -0.508 e. The van der Waals surface area contributed by atoms with Gasteiger partial charge in [0.1, 0.15) is 36.1 Å². The molecule has 5 rings (SSSR count). The van der Waals surface area contributed by atoms with Gasteiger partial charge in [-0.05, 0) is 66.7 Å². The zero-order valence-corrected chi connectivity index (χ0v) is 18.7. The van der Waals surface area contributed by atoms with Crippen LogP contribution in [0.2, 0.25) is 0 Å². The predicted molar refractivity (Wildman–Crippen MR) is 127 cm³/mol. The highest BCUT2D eigenvalue weighted by Gasteiger charge is 2.18. The van der Waals surface area contributed by atoms with E-state index in [1.807, 2.05) is 0 Å². The maximum atomic E-state index is 12.8. The van der Waals surface area contributed by atoms with Gasteiger partial charge >= 0.3 is 0 Å². The first kappa shape index (κ1) is 21.7. The van der Waals surface area contributed by atoms with Gasteiger partial charge in [0.2, 0.25) is 5.16 Å². The van der Waals surface area contributed by atoms with E-state index in [4.69, 9.17) is 9.47 Å². The molecular weight excluding hydrogens is 454 g/mol. The van der Waals surface area contributed by atoms with Crippen molar-refractivity contribution in [1.82, 2.24) is 15.2 Å². The second-order valence-corrected chi connectivity index (χ2v) is 8.40. The molecule has 34 heavy (non-hydrogen) atoms. The Bertz CT molecular complexity index is 1340. The van der Waals surface area contributed by atoms with Gasteiger partial charge in [-0.2, -0.15) is 0 Å². The Morgan fingerprint density at radius 1 is 0.794 bits per heavy atom. The van der Waals surface area contributed by atoms with Crippen molar-refractivity contribution < 1.29 is 24.5 Å². The molecule has 8 nitrogen and oxygen atoms in total. The van der Waals surface area contributed by atoms with Gasteiger partial charge in [0.15, 0.2) is 17.3 Å². The molecule has 9 heteroatoms. The van der Waals surface area contributed by atoms with Crippen LogP contribution in [0.5, 0.6) is 23.0 Å². The number of carbonyl (C=O) groups excluding carboxylic acids is 1. The third-order valence-electron chi connectivity index (χ3n) is 5.15. The third kappa shape index (κ3) is 4.65. The van der Waals surface area contributed by atoms with Crippen LogP contribution >= 0.6 is 11.8 Å². The number of ether oxygens (including phenoxy) is 2. The monoisotopic (exact) mass is 473 g/mol. The Kier molecular flexibility index (Phi) is 6.01. The Labute approximate surface area is 199 Å². The molecule has 0 radical (unpaired) electrons. The SMILES string of the molecule is O=C(CSc1nnc(-c2ccc(O)cc2)c(-c2ccc(O)cc2)n1)c1ccc2c(c1)OCCO2. The number of hydrogen-bond donors (Lipinski definition) is 2. The normalized spacial score (nSPS) is 12.4. The second kappa shape index (κ2) is 9.40. The Morgan fingerprint density at radius 2 is 1.41 bits per heavy atom. The second-order valence-electron chi connectivity index (χ2n) is 7.46. The summed E-state index contributed by atoms with van der Waals surface area (Å²) >= 11 is 1.18. The summed E-state index contributed by atoms with van der Waals surface area (Å²) in [7, 11) is 0. The fourth-order valence-electron chi connectivity index (χ4n) is 3.44. The van der Waals surface area contributed by atoms with E-state index in [-0.39, 0.29) is 23.0 Å². The van der Waals surface area contributed by atoms with Crippen LogP contribution in [-0.4, -0.2) is 50.1 Å². The number of rotatable bonds is 6. The summed E-state index contributed by atoms with van der Waals surface area (Å²) in [4.78, 5) is 17.4.